The van der Waals surface area contributed by atoms with E-state index in [4.69, 9.17) is 9.47 Å². The number of aromatic nitrogens is 4. The van der Waals surface area contributed by atoms with E-state index in [0.29, 0.717) is 16.8 Å². The second-order valence-corrected chi connectivity index (χ2v) is 11.6. The fraction of sp³-hybridized carbons (Fsp3) is 0.250. The summed E-state index contributed by atoms with van der Waals surface area (Å²) >= 11 is 0. The van der Waals surface area contributed by atoms with Gasteiger partial charge >= 0.3 is 5.82 Å². The molecular weight excluding hydrogens is 626 g/mol. The van der Waals surface area contributed by atoms with Crippen molar-refractivity contribution < 1.29 is 24.0 Å². The van der Waals surface area contributed by atoms with E-state index in [2.05, 4.69) is 49.8 Å². The van der Waals surface area contributed by atoms with E-state index >= 15 is 0 Å². The number of pyridine rings is 1. The number of nitrogens with one attached hydrogen (secondary N) is 1. The molecule has 0 bridgehead atoms. The molecule has 6 rings (SSSR count). The molecule has 0 spiro atoms. The molecule has 2 aromatic heterocycles. The zero-order valence-corrected chi connectivity index (χ0v) is 27.4. The number of fused-ring (bicyclic) bond motifs is 1. The van der Waals surface area contributed by atoms with Crippen molar-refractivity contribution >= 4 is 23.2 Å². The number of nitrogens with zero attached hydrogens (tertiary/aromatic N) is 6. The zero-order valence-electron chi connectivity index (χ0n) is 27.4. The largest absolute Gasteiger partial charge is 0.493 e. The van der Waals surface area contributed by atoms with E-state index in [9.17, 15) is 19.7 Å². The molecule has 0 unspecified atom stereocenters. The molecule has 3 heterocycles. The Kier molecular flexibility index (Phi) is 9.72. The first-order chi connectivity index (χ1) is 23.8. The minimum atomic E-state index is -0.680. The molecular formula is C36H35N7O6. The monoisotopic (exact) mass is 661 g/mol. The summed E-state index contributed by atoms with van der Waals surface area (Å²) in [6.45, 7) is 4.49. The maximum Gasteiger partial charge on any atom is 0.364 e. The topological polar surface area (TPSA) is 155 Å². The standard InChI is InChI=1S/C36H35N7O6/c1-4-32(44)28-13-10-25(18-30(28)38-36(45)29-6-5-7-35(37-29)43(46)47)31-22-42(40-39-31)27-11-8-23(9-12-27)14-16-41-17-15-24-19-33(48-2)34(49-3)20-26(24)21-41/h5-13,18-20,22H,4,14-17,21H2,1-3H3,(H,38,45). The summed E-state index contributed by atoms with van der Waals surface area (Å²) in [5.74, 6) is 0.208. The Morgan fingerprint density at radius 1 is 0.980 bits per heavy atom. The number of benzene rings is 3. The van der Waals surface area contributed by atoms with Crippen LogP contribution in [-0.4, -0.2) is 68.8 Å². The van der Waals surface area contributed by atoms with Gasteiger partial charge in [-0.1, -0.05) is 30.3 Å². The van der Waals surface area contributed by atoms with Gasteiger partial charge in [-0.25, -0.2) is 4.68 Å². The Balaban J connectivity index is 1.13. The summed E-state index contributed by atoms with van der Waals surface area (Å²) in [6.07, 6.45) is 3.85. The summed E-state index contributed by atoms with van der Waals surface area (Å²) in [5, 5.41) is 22.5. The van der Waals surface area contributed by atoms with Crippen LogP contribution in [-0.2, 0) is 19.4 Å². The van der Waals surface area contributed by atoms with Crippen molar-refractivity contribution in [1.29, 1.82) is 0 Å². The summed E-state index contributed by atoms with van der Waals surface area (Å²) < 4.78 is 12.6. The second kappa shape index (κ2) is 14.4. The normalized spacial score (nSPS) is 12.6. The van der Waals surface area contributed by atoms with Crippen LogP contribution in [0.2, 0.25) is 0 Å². The number of carbonyl (C=O) groups excluding carboxylic acids is 2. The van der Waals surface area contributed by atoms with Crippen molar-refractivity contribution in [1.82, 2.24) is 24.9 Å². The van der Waals surface area contributed by atoms with Gasteiger partial charge in [0, 0.05) is 43.2 Å². The van der Waals surface area contributed by atoms with Gasteiger partial charge in [-0.05, 0) is 88.0 Å². The molecule has 49 heavy (non-hydrogen) atoms. The molecule has 3 aromatic carbocycles. The van der Waals surface area contributed by atoms with E-state index in [1.165, 1.54) is 34.9 Å². The average molecular weight is 662 g/mol. The average Bonchev–Trinajstić information content (AvgIpc) is 3.63. The van der Waals surface area contributed by atoms with Crippen LogP contribution in [0.5, 0.6) is 11.5 Å². The number of methoxy groups -OCH3 is 2. The molecule has 0 radical (unpaired) electrons. The third kappa shape index (κ3) is 7.31. The van der Waals surface area contributed by atoms with Crippen molar-refractivity contribution in [3.63, 3.8) is 0 Å². The first kappa shape index (κ1) is 33.0. The van der Waals surface area contributed by atoms with Crippen LogP contribution >= 0.6 is 0 Å². The lowest BCUT2D eigenvalue weighted by Gasteiger charge is -2.29. The van der Waals surface area contributed by atoms with Gasteiger partial charge in [0.25, 0.3) is 5.91 Å². The van der Waals surface area contributed by atoms with Gasteiger partial charge in [-0.2, -0.15) is 0 Å². The first-order valence-electron chi connectivity index (χ1n) is 15.8. The molecule has 0 saturated carbocycles. The van der Waals surface area contributed by atoms with E-state index in [1.54, 1.807) is 50.2 Å². The van der Waals surface area contributed by atoms with Crippen molar-refractivity contribution in [2.75, 3.05) is 32.6 Å². The maximum absolute atomic E-state index is 13.0. The number of ether oxygens (including phenoxy) is 2. The van der Waals surface area contributed by atoms with Crippen LogP contribution in [0.4, 0.5) is 11.5 Å². The van der Waals surface area contributed by atoms with Crippen molar-refractivity contribution in [3.8, 4) is 28.4 Å². The Morgan fingerprint density at radius 2 is 1.73 bits per heavy atom. The van der Waals surface area contributed by atoms with Gasteiger partial charge in [0.1, 0.15) is 5.69 Å². The molecule has 0 atom stereocenters. The molecule has 5 aromatic rings. The summed E-state index contributed by atoms with van der Waals surface area (Å²) in [5.41, 5.74) is 6.17. The first-order valence-corrected chi connectivity index (χ1v) is 15.8. The molecule has 1 N–H and O–H groups in total. The highest BCUT2D eigenvalue weighted by atomic mass is 16.6. The van der Waals surface area contributed by atoms with E-state index in [0.717, 1.165) is 49.7 Å². The fourth-order valence-corrected chi connectivity index (χ4v) is 5.84. The molecule has 0 fully saturated rings. The Morgan fingerprint density at radius 3 is 2.45 bits per heavy atom. The lowest BCUT2D eigenvalue weighted by Crippen LogP contribution is -2.32. The molecule has 1 amide bonds. The number of hydrogen-bond acceptors (Lipinski definition) is 10. The predicted octanol–water partition coefficient (Wildman–Crippen LogP) is 5.70. The van der Waals surface area contributed by atoms with Crippen LogP contribution in [0, 0.1) is 10.1 Å². The van der Waals surface area contributed by atoms with Crippen LogP contribution in [0.15, 0.2) is 79.0 Å². The van der Waals surface area contributed by atoms with Gasteiger partial charge in [-0.3, -0.25) is 14.5 Å². The highest BCUT2D eigenvalue weighted by molar-refractivity contribution is 6.09. The van der Waals surface area contributed by atoms with Crippen LogP contribution in [0.3, 0.4) is 0 Å². The minimum Gasteiger partial charge on any atom is -0.493 e. The SMILES string of the molecule is CCC(=O)c1ccc(-c2cn(-c3ccc(CCN4CCc5cc(OC)c(OC)cc5C4)cc3)nn2)cc1NC(=O)c1cccc([N+](=O)[O-])n1. The number of carbonyl (C=O) groups is 2. The molecule has 0 aliphatic carbocycles. The molecule has 0 saturated heterocycles. The van der Waals surface area contributed by atoms with Crippen LogP contribution in [0.25, 0.3) is 16.9 Å². The van der Waals surface area contributed by atoms with E-state index in [1.807, 2.05) is 12.1 Å². The number of rotatable bonds is 12. The molecule has 1 aliphatic rings. The maximum atomic E-state index is 13.0. The number of Topliss-reactive ketones (excluding diaryl/α,β-unsaturated/α-hetero) is 1. The fourth-order valence-electron chi connectivity index (χ4n) is 5.84. The summed E-state index contributed by atoms with van der Waals surface area (Å²) in [7, 11) is 3.32. The quantitative estimate of drug-likeness (QED) is 0.100. The third-order valence-corrected chi connectivity index (χ3v) is 8.55. The summed E-state index contributed by atoms with van der Waals surface area (Å²) in [4.78, 5) is 42.4. The lowest BCUT2D eigenvalue weighted by molar-refractivity contribution is -0.389. The number of amides is 1. The minimum absolute atomic E-state index is 0.146. The summed E-state index contributed by atoms with van der Waals surface area (Å²) in [6, 6.07) is 21.3. The number of anilines is 1. The van der Waals surface area contributed by atoms with Gasteiger partial charge < -0.3 is 24.9 Å². The highest BCUT2D eigenvalue weighted by Gasteiger charge is 2.21. The smallest absolute Gasteiger partial charge is 0.364 e. The molecule has 13 nitrogen and oxygen atoms in total. The van der Waals surface area contributed by atoms with Crippen molar-refractivity contribution in [2.45, 2.75) is 32.7 Å². The zero-order chi connectivity index (χ0) is 34.5. The van der Waals surface area contributed by atoms with Crippen molar-refractivity contribution in [2.24, 2.45) is 0 Å². The Bertz CT molecular complexity index is 2030. The van der Waals surface area contributed by atoms with Gasteiger partial charge in [0.15, 0.2) is 17.3 Å². The molecule has 13 heteroatoms. The second-order valence-electron chi connectivity index (χ2n) is 11.6. The van der Waals surface area contributed by atoms with E-state index < -0.39 is 16.6 Å². The number of ketones is 1. The molecule has 1 aliphatic heterocycles. The van der Waals surface area contributed by atoms with Gasteiger partial charge in [0.05, 0.1) is 31.8 Å². The predicted molar refractivity (Wildman–Crippen MR) is 182 cm³/mol. The van der Waals surface area contributed by atoms with Gasteiger partial charge in [-0.15, -0.1) is 5.10 Å². The van der Waals surface area contributed by atoms with Crippen LogP contribution < -0.4 is 14.8 Å². The lowest BCUT2D eigenvalue weighted by atomic mass is 9.98. The van der Waals surface area contributed by atoms with E-state index in [-0.39, 0.29) is 23.6 Å². The number of nitro groups is 1. The van der Waals surface area contributed by atoms with Crippen molar-refractivity contribution in [3.05, 3.63) is 117 Å². The Labute approximate surface area is 282 Å². The third-order valence-electron chi connectivity index (χ3n) is 8.55. The van der Waals surface area contributed by atoms with Gasteiger partial charge in [0.2, 0.25) is 5.69 Å². The molecule has 250 valence electrons. The number of hydrogen-bond donors (Lipinski definition) is 1. The highest BCUT2D eigenvalue weighted by Crippen LogP contribution is 2.33. The van der Waals surface area contributed by atoms with Crippen LogP contribution in [0.1, 0.15) is 50.9 Å². The Hall–Kier alpha value is -5.95.